The molecule has 1 unspecified atom stereocenters. The molecule has 1 aliphatic rings. The van der Waals surface area contributed by atoms with Crippen molar-refractivity contribution >= 4 is 11.1 Å². The molecule has 1 fully saturated rings. The van der Waals surface area contributed by atoms with E-state index in [0.717, 1.165) is 43.4 Å². The monoisotopic (exact) mass is 363 g/mol. The third kappa shape index (κ3) is 5.86. The normalized spacial score (nSPS) is 19.2. The Kier molecular flexibility index (Phi) is 6.83. The highest BCUT2D eigenvalue weighted by molar-refractivity contribution is 7.79. The summed E-state index contributed by atoms with van der Waals surface area (Å²) < 4.78 is 57.6. The molecular formula is C17H24F3NO2S. The molecule has 24 heavy (non-hydrogen) atoms. The van der Waals surface area contributed by atoms with E-state index in [1.807, 2.05) is 0 Å². The molecule has 0 aromatic heterocycles. The maximum atomic E-state index is 12.7. The minimum Gasteiger partial charge on any atom is -0.311 e. The number of halogens is 3. The fraction of sp³-hybridized carbons (Fsp3) is 0.647. The number of hydrogen-bond acceptors (Lipinski definition) is 2. The van der Waals surface area contributed by atoms with Crippen molar-refractivity contribution in [3.63, 3.8) is 0 Å². The Labute approximate surface area is 143 Å². The van der Waals surface area contributed by atoms with Crippen molar-refractivity contribution in [2.24, 2.45) is 0 Å². The van der Waals surface area contributed by atoms with Gasteiger partial charge in [0.25, 0.3) is 0 Å². The second-order valence-electron chi connectivity index (χ2n) is 6.52. The van der Waals surface area contributed by atoms with Crippen molar-refractivity contribution in [1.29, 1.82) is 0 Å². The van der Waals surface area contributed by atoms with Crippen LogP contribution in [0.2, 0.25) is 0 Å². The van der Waals surface area contributed by atoms with Gasteiger partial charge >= 0.3 is 6.18 Å². The van der Waals surface area contributed by atoms with Gasteiger partial charge in [-0.1, -0.05) is 31.4 Å². The van der Waals surface area contributed by atoms with Crippen LogP contribution in [-0.4, -0.2) is 26.6 Å². The number of benzene rings is 1. The molecule has 1 aromatic carbocycles. The molecule has 0 aliphatic heterocycles. The zero-order chi connectivity index (χ0) is 17.6. The van der Waals surface area contributed by atoms with Crippen molar-refractivity contribution in [2.75, 3.05) is 12.3 Å². The topological polar surface area (TPSA) is 49.3 Å². The maximum Gasteiger partial charge on any atom is 0.416 e. The molecule has 2 rings (SSSR count). The highest BCUT2D eigenvalue weighted by Crippen LogP contribution is 2.33. The third-order valence-corrected chi connectivity index (χ3v) is 5.27. The van der Waals surface area contributed by atoms with Crippen molar-refractivity contribution < 1.29 is 21.9 Å². The Balaban J connectivity index is 2.01. The van der Waals surface area contributed by atoms with E-state index < -0.39 is 22.8 Å². The Morgan fingerprint density at radius 2 is 1.75 bits per heavy atom. The Bertz CT molecular complexity index is 540. The fourth-order valence-electron chi connectivity index (χ4n) is 3.40. The van der Waals surface area contributed by atoms with Crippen LogP contribution in [0.3, 0.4) is 0 Å². The summed E-state index contributed by atoms with van der Waals surface area (Å²) in [5.41, 5.74) is 0.153. The minimum absolute atomic E-state index is 0.116. The van der Waals surface area contributed by atoms with Gasteiger partial charge in [-0.3, -0.25) is 0 Å². The third-order valence-electron chi connectivity index (χ3n) is 4.63. The van der Waals surface area contributed by atoms with Gasteiger partial charge in [-0.2, -0.15) is 13.2 Å². The maximum absolute atomic E-state index is 12.7. The molecular weight excluding hydrogens is 339 g/mol. The van der Waals surface area contributed by atoms with Crippen LogP contribution in [0, 0.1) is 0 Å². The van der Waals surface area contributed by atoms with Gasteiger partial charge in [0.05, 0.1) is 11.3 Å². The zero-order valence-electron chi connectivity index (χ0n) is 13.6. The molecule has 1 aromatic rings. The molecule has 136 valence electrons. The molecule has 0 heterocycles. The van der Waals surface area contributed by atoms with Crippen LogP contribution in [0.15, 0.2) is 24.3 Å². The van der Waals surface area contributed by atoms with Crippen molar-refractivity contribution in [3.8, 4) is 0 Å². The first-order valence-electron chi connectivity index (χ1n) is 8.29. The number of hydrogen-bond donors (Lipinski definition) is 2. The van der Waals surface area contributed by atoms with Gasteiger partial charge in [-0.25, -0.2) is 4.21 Å². The summed E-state index contributed by atoms with van der Waals surface area (Å²) in [4.78, 5) is 0. The van der Waals surface area contributed by atoms with E-state index in [9.17, 15) is 17.4 Å². The van der Waals surface area contributed by atoms with E-state index in [2.05, 4.69) is 5.32 Å². The van der Waals surface area contributed by atoms with Gasteiger partial charge in [0.2, 0.25) is 0 Å². The quantitative estimate of drug-likeness (QED) is 0.565. The van der Waals surface area contributed by atoms with E-state index in [1.165, 1.54) is 6.42 Å². The Hall–Kier alpha value is -0.920. The predicted molar refractivity (Wildman–Crippen MR) is 89.2 cm³/mol. The SMILES string of the molecule is O=S(O)CCCNC1(Cc2ccc(C(F)(F)F)cc2)CCCCC1. The van der Waals surface area contributed by atoms with E-state index in [0.29, 0.717) is 19.4 Å². The average molecular weight is 363 g/mol. The van der Waals surface area contributed by atoms with Crippen molar-refractivity contribution in [2.45, 2.75) is 56.7 Å². The van der Waals surface area contributed by atoms with Crippen molar-refractivity contribution in [3.05, 3.63) is 35.4 Å². The number of rotatable bonds is 7. The molecule has 7 heteroatoms. The zero-order valence-corrected chi connectivity index (χ0v) is 14.4. The summed E-state index contributed by atoms with van der Waals surface area (Å²) in [6.45, 7) is 0.646. The molecule has 2 N–H and O–H groups in total. The first kappa shape index (κ1) is 19.4. The lowest BCUT2D eigenvalue weighted by Gasteiger charge is -2.39. The van der Waals surface area contributed by atoms with E-state index >= 15 is 0 Å². The lowest BCUT2D eigenvalue weighted by Crippen LogP contribution is -2.49. The second-order valence-corrected chi connectivity index (χ2v) is 7.57. The summed E-state index contributed by atoms with van der Waals surface area (Å²) >= 11 is -1.78. The highest BCUT2D eigenvalue weighted by Gasteiger charge is 2.33. The van der Waals surface area contributed by atoms with Gasteiger partial charge in [-0.15, -0.1) is 0 Å². The van der Waals surface area contributed by atoms with E-state index in [1.54, 1.807) is 12.1 Å². The molecule has 3 nitrogen and oxygen atoms in total. The smallest absolute Gasteiger partial charge is 0.311 e. The van der Waals surface area contributed by atoms with Gasteiger partial charge in [0.1, 0.15) is 0 Å². The number of alkyl halides is 3. The summed E-state index contributed by atoms with van der Waals surface area (Å²) in [6.07, 6.45) is 2.33. The Morgan fingerprint density at radius 1 is 1.12 bits per heavy atom. The average Bonchev–Trinajstić information content (AvgIpc) is 2.52. The van der Waals surface area contributed by atoms with Gasteiger partial charge < -0.3 is 9.87 Å². The largest absolute Gasteiger partial charge is 0.416 e. The lowest BCUT2D eigenvalue weighted by atomic mass is 9.77. The predicted octanol–water partition coefficient (Wildman–Crippen LogP) is 4.15. The van der Waals surface area contributed by atoms with Crippen LogP contribution in [0.5, 0.6) is 0 Å². The molecule has 1 aliphatic carbocycles. The lowest BCUT2D eigenvalue weighted by molar-refractivity contribution is -0.137. The van der Waals surface area contributed by atoms with Crippen LogP contribution in [0.25, 0.3) is 0 Å². The highest BCUT2D eigenvalue weighted by atomic mass is 32.2. The van der Waals surface area contributed by atoms with E-state index in [4.69, 9.17) is 4.55 Å². The summed E-state index contributed by atoms with van der Waals surface area (Å²) in [7, 11) is 0. The molecule has 0 spiro atoms. The Morgan fingerprint density at radius 3 is 2.29 bits per heavy atom. The molecule has 1 saturated carbocycles. The van der Waals surface area contributed by atoms with Crippen LogP contribution < -0.4 is 5.32 Å². The summed E-state index contributed by atoms with van der Waals surface area (Å²) in [6, 6.07) is 5.40. The molecule has 0 saturated heterocycles. The molecule has 0 amide bonds. The summed E-state index contributed by atoms with van der Waals surface area (Å²) in [5, 5.41) is 3.52. The first-order valence-corrected chi connectivity index (χ1v) is 9.57. The second kappa shape index (κ2) is 8.45. The van der Waals surface area contributed by atoms with Crippen LogP contribution in [0.1, 0.15) is 49.7 Å². The first-order chi connectivity index (χ1) is 11.3. The number of nitrogens with one attached hydrogen (secondary N) is 1. The molecule has 0 bridgehead atoms. The van der Waals surface area contributed by atoms with Gasteiger partial charge in [0, 0.05) is 5.54 Å². The molecule has 1 atom stereocenters. The van der Waals surface area contributed by atoms with Crippen molar-refractivity contribution in [1.82, 2.24) is 5.32 Å². The van der Waals surface area contributed by atoms with Gasteiger partial charge in [-0.05, 0) is 49.9 Å². The fourth-order valence-corrected chi connectivity index (χ4v) is 3.79. The van der Waals surface area contributed by atoms with Gasteiger partial charge in [0.15, 0.2) is 11.1 Å². The standard InChI is InChI=1S/C17H24F3NO2S/c18-17(19,20)15-7-5-14(6-8-15)13-16(9-2-1-3-10-16)21-11-4-12-24(22)23/h5-8,21H,1-4,9-13H2,(H,22,23). The van der Waals surface area contributed by atoms with Crippen LogP contribution >= 0.6 is 0 Å². The van der Waals surface area contributed by atoms with E-state index in [-0.39, 0.29) is 11.3 Å². The summed E-state index contributed by atoms with van der Waals surface area (Å²) in [5.74, 6) is 0.239. The minimum atomic E-state index is -4.31. The molecule has 0 radical (unpaired) electrons. The van der Waals surface area contributed by atoms with Crippen LogP contribution in [-0.2, 0) is 23.7 Å². The van der Waals surface area contributed by atoms with Crippen LogP contribution in [0.4, 0.5) is 13.2 Å².